The van der Waals surface area contributed by atoms with E-state index in [2.05, 4.69) is 15.0 Å². The second kappa shape index (κ2) is 9.64. The smallest absolute Gasteiger partial charge is 0.406 e. The van der Waals surface area contributed by atoms with E-state index < -0.39 is 41.8 Å². The summed E-state index contributed by atoms with van der Waals surface area (Å²) in [4.78, 5) is 44.4. The summed E-state index contributed by atoms with van der Waals surface area (Å²) in [5, 5.41) is 2.58. The monoisotopic (exact) mass is 502 g/mol. The summed E-state index contributed by atoms with van der Waals surface area (Å²) in [5.41, 5.74) is 0.874. The summed E-state index contributed by atoms with van der Waals surface area (Å²) in [7, 11) is 0. The van der Waals surface area contributed by atoms with Crippen molar-refractivity contribution in [3.8, 4) is 5.75 Å². The van der Waals surface area contributed by atoms with Crippen molar-refractivity contribution in [3.63, 3.8) is 0 Å². The van der Waals surface area contributed by atoms with E-state index in [0.29, 0.717) is 5.56 Å². The molecule has 1 aromatic heterocycles. The third-order valence-electron chi connectivity index (χ3n) is 5.34. The van der Waals surface area contributed by atoms with Crippen LogP contribution in [0, 0.1) is 5.82 Å². The lowest BCUT2D eigenvalue weighted by Crippen LogP contribution is -2.33. The molecule has 36 heavy (non-hydrogen) atoms. The zero-order valence-electron chi connectivity index (χ0n) is 18.6. The summed E-state index contributed by atoms with van der Waals surface area (Å²) in [5.74, 6) is -1.84. The van der Waals surface area contributed by atoms with Gasteiger partial charge in [-0.25, -0.2) is 19.1 Å². The Hall–Kier alpha value is -4.48. The van der Waals surface area contributed by atoms with E-state index in [4.69, 9.17) is 0 Å². The molecule has 1 aliphatic heterocycles. The van der Waals surface area contributed by atoms with Crippen molar-refractivity contribution in [1.29, 1.82) is 0 Å². The Morgan fingerprint density at radius 3 is 2.36 bits per heavy atom. The molecule has 4 amide bonds. The van der Waals surface area contributed by atoms with E-state index in [-0.39, 0.29) is 23.6 Å². The summed E-state index contributed by atoms with van der Waals surface area (Å²) in [6.45, 7) is 1.53. The molecule has 1 unspecified atom stereocenters. The number of carbonyl (C=O) groups excluding carboxylic acids is 3. The lowest BCUT2D eigenvalue weighted by molar-refractivity contribution is -0.274. The fraction of sp³-hybridized carbons (Fsp3) is 0.167. The van der Waals surface area contributed by atoms with E-state index >= 15 is 0 Å². The molecule has 2 heterocycles. The van der Waals surface area contributed by atoms with Gasteiger partial charge in [0.15, 0.2) is 0 Å². The highest BCUT2D eigenvalue weighted by atomic mass is 19.4. The highest BCUT2D eigenvalue weighted by molar-refractivity contribution is 6.21. The zero-order valence-corrected chi connectivity index (χ0v) is 18.6. The number of hydrogen-bond acceptors (Lipinski definition) is 5. The van der Waals surface area contributed by atoms with Gasteiger partial charge in [-0.3, -0.25) is 9.59 Å². The van der Waals surface area contributed by atoms with Gasteiger partial charge in [-0.2, -0.15) is 0 Å². The Bertz CT molecular complexity index is 1300. The number of rotatable bonds is 6. The van der Waals surface area contributed by atoms with Gasteiger partial charge in [0.2, 0.25) is 0 Å². The van der Waals surface area contributed by atoms with E-state index in [0.717, 1.165) is 29.2 Å². The topological polar surface area (TPSA) is 91.8 Å². The first-order chi connectivity index (χ1) is 17.0. The number of amides is 4. The number of benzene rings is 2. The van der Waals surface area contributed by atoms with Crippen LogP contribution in [0.4, 0.5) is 33.9 Å². The molecule has 0 spiro atoms. The number of anilines is 2. The van der Waals surface area contributed by atoms with Crippen molar-refractivity contribution in [2.45, 2.75) is 25.9 Å². The minimum atomic E-state index is -4.87. The lowest BCUT2D eigenvalue weighted by atomic mass is 10.2. The molecule has 0 bridgehead atoms. The number of alkyl halides is 3. The van der Waals surface area contributed by atoms with Crippen molar-refractivity contribution in [2.75, 3.05) is 10.2 Å². The highest BCUT2D eigenvalue weighted by Gasteiger charge is 2.43. The number of carbonyl (C=O) groups is 3. The molecule has 12 heteroatoms. The maximum atomic E-state index is 13.1. The quantitative estimate of drug-likeness (QED) is 0.389. The first kappa shape index (κ1) is 24.6. The molecule has 0 saturated carbocycles. The average molecular weight is 502 g/mol. The molecule has 8 nitrogen and oxygen atoms in total. The molecule has 1 N–H and O–H groups in total. The van der Waals surface area contributed by atoms with Crippen LogP contribution < -0.4 is 15.0 Å². The van der Waals surface area contributed by atoms with Crippen LogP contribution in [-0.4, -0.2) is 40.1 Å². The van der Waals surface area contributed by atoms with Crippen molar-refractivity contribution in [2.24, 2.45) is 0 Å². The van der Waals surface area contributed by atoms with Crippen molar-refractivity contribution in [1.82, 2.24) is 9.88 Å². The Morgan fingerprint density at radius 1 is 1.06 bits per heavy atom. The molecular formula is C24H18F4N4O4. The molecular weight excluding hydrogens is 484 g/mol. The number of nitrogens with one attached hydrogen (secondary N) is 1. The minimum absolute atomic E-state index is 0.000549. The molecule has 2 aromatic carbocycles. The second-order valence-electron chi connectivity index (χ2n) is 7.81. The van der Waals surface area contributed by atoms with E-state index in [1.54, 1.807) is 6.07 Å². The van der Waals surface area contributed by atoms with Crippen LogP contribution in [0.2, 0.25) is 0 Å². The number of aromatic nitrogens is 1. The van der Waals surface area contributed by atoms with E-state index in [9.17, 15) is 31.9 Å². The number of hydrogen-bond donors (Lipinski definition) is 1. The standard InChI is InChI=1S/C24H18F4N4O4/c1-14-22(34)32(18-6-8-19(9-7-18)36-24(26,27)28)23(35)31(14)13-15-10-11-29-20(12-15)30-21(33)16-2-4-17(25)5-3-16/h2-12,14H,13H2,1H3,(H,29,30,33). The molecule has 0 aliphatic carbocycles. The summed E-state index contributed by atoms with van der Waals surface area (Å²) in [6, 6.07) is 10.9. The first-order valence-corrected chi connectivity index (χ1v) is 10.5. The molecule has 1 fully saturated rings. The molecule has 0 radical (unpaired) electrons. The Morgan fingerprint density at radius 2 is 1.72 bits per heavy atom. The predicted octanol–water partition coefficient (Wildman–Crippen LogP) is 4.73. The summed E-state index contributed by atoms with van der Waals surface area (Å²) < 4.78 is 54.1. The molecule has 4 rings (SSSR count). The van der Waals surface area contributed by atoms with Gasteiger partial charge in [-0.15, -0.1) is 13.2 Å². The van der Waals surface area contributed by atoms with Gasteiger partial charge in [-0.05, 0) is 73.2 Å². The molecule has 3 aromatic rings. The van der Waals surface area contributed by atoms with Crippen LogP contribution in [0.25, 0.3) is 0 Å². The van der Waals surface area contributed by atoms with Gasteiger partial charge in [0, 0.05) is 18.3 Å². The average Bonchev–Trinajstić information content (AvgIpc) is 3.02. The van der Waals surface area contributed by atoms with Crippen molar-refractivity contribution < 1.29 is 36.7 Å². The van der Waals surface area contributed by atoms with Crippen LogP contribution in [0.15, 0.2) is 66.9 Å². The predicted molar refractivity (Wildman–Crippen MR) is 120 cm³/mol. The fourth-order valence-electron chi connectivity index (χ4n) is 3.58. The number of halogens is 4. The lowest BCUT2D eigenvalue weighted by Gasteiger charge is -2.20. The molecule has 1 atom stereocenters. The highest BCUT2D eigenvalue weighted by Crippen LogP contribution is 2.30. The summed E-state index contributed by atoms with van der Waals surface area (Å²) >= 11 is 0. The number of urea groups is 1. The van der Waals surface area contributed by atoms with Gasteiger partial charge in [0.05, 0.1) is 5.69 Å². The van der Waals surface area contributed by atoms with Crippen LogP contribution in [0.5, 0.6) is 5.75 Å². The third kappa shape index (κ3) is 5.43. The molecule has 186 valence electrons. The van der Waals surface area contributed by atoms with Gasteiger partial charge in [0.1, 0.15) is 23.4 Å². The van der Waals surface area contributed by atoms with Gasteiger partial charge >= 0.3 is 12.4 Å². The maximum absolute atomic E-state index is 13.1. The van der Waals surface area contributed by atoms with Crippen LogP contribution >= 0.6 is 0 Å². The number of pyridine rings is 1. The Balaban J connectivity index is 1.47. The summed E-state index contributed by atoms with van der Waals surface area (Å²) in [6.07, 6.45) is -3.45. The maximum Gasteiger partial charge on any atom is 0.573 e. The van der Waals surface area contributed by atoms with Crippen molar-refractivity contribution >= 4 is 29.4 Å². The van der Waals surface area contributed by atoms with Gasteiger partial charge < -0.3 is 15.0 Å². The van der Waals surface area contributed by atoms with Gasteiger partial charge in [-0.1, -0.05) is 0 Å². The van der Waals surface area contributed by atoms with Crippen LogP contribution in [-0.2, 0) is 11.3 Å². The van der Waals surface area contributed by atoms with E-state index in [1.165, 1.54) is 48.4 Å². The number of ether oxygens (including phenoxy) is 1. The molecule has 1 saturated heterocycles. The third-order valence-corrected chi connectivity index (χ3v) is 5.34. The van der Waals surface area contributed by atoms with Crippen LogP contribution in [0.1, 0.15) is 22.8 Å². The van der Waals surface area contributed by atoms with Gasteiger partial charge in [0.25, 0.3) is 11.8 Å². The SMILES string of the molecule is CC1C(=O)N(c2ccc(OC(F)(F)F)cc2)C(=O)N1Cc1ccnc(NC(=O)c2ccc(F)cc2)c1. The fourth-order valence-corrected chi connectivity index (χ4v) is 3.58. The Kier molecular flexibility index (Phi) is 6.60. The van der Waals surface area contributed by atoms with Crippen LogP contribution in [0.3, 0.4) is 0 Å². The van der Waals surface area contributed by atoms with Crippen molar-refractivity contribution in [3.05, 3.63) is 83.8 Å². The first-order valence-electron chi connectivity index (χ1n) is 10.5. The normalized spacial score (nSPS) is 15.9. The Labute approximate surface area is 202 Å². The minimum Gasteiger partial charge on any atom is -0.406 e. The second-order valence-corrected chi connectivity index (χ2v) is 7.81. The largest absolute Gasteiger partial charge is 0.573 e. The zero-order chi connectivity index (χ0) is 26.0. The molecule has 1 aliphatic rings. The van der Waals surface area contributed by atoms with E-state index in [1.807, 2.05) is 0 Å². The number of imide groups is 1. The number of nitrogens with zero attached hydrogens (tertiary/aromatic N) is 3.